The molecule has 3 rings (SSSR count). The summed E-state index contributed by atoms with van der Waals surface area (Å²) in [4.78, 5) is 13.7. The topological polar surface area (TPSA) is 42.7 Å². The molecule has 1 aliphatic carbocycles. The largest absolute Gasteiger partial charge is 0.484 e. The van der Waals surface area contributed by atoms with Gasteiger partial charge in [0.05, 0.1) is 0 Å². The fourth-order valence-electron chi connectivity index (χ4n) is 2.87. The highest BCUT2D eigenvalue weighted by atomic mass is 16.5. The van der Waals surface area contributed by atoms with Gasteiger partial charge in [-0.2, -0.15) is 0 Å². The van der Waals surface area contributed by atoms with Crippen LogP contribution in [0.2, 0.25) is 0 Å². The molecular formula is C18H23NO3. The van der Waals surface area contributed by atoms with Gasteiger partial charge in [-0.3, -0.25) is 4.79 Å². The SMILES string of the molecule is CC(C)N(C)C(=O)COc1ccc2oc3c(c2c1)CCCC3. The lowest BCUT2D eigenvalue weighted by Crippen LogP contribution is -2.36. The van der Waals surface area contributed by atoms with Gasteiger partial charge in [0, 0.05) is 30.5 Å². The van der Waals surface area contributed by atoms with Crippen LogP contribution in [0.4, 0.5) is 0 Å². The molecule has 22 heavy (non-hydrogen) atoms. The summed E-state index contributed by atoms with van der Waals surface area (Å²) in [5, 5.41) is 1.14. The minimum absolute atomic E-state index is 0.00989. The van der Waals surface area contributed by atoms with Crippen molar-refractivity contribution in [1.82, 2.24) is 4.90 Å². The van der Waals surface area contributed by atoms with Gasteiger partial charge in [-0.05, 0) is 51.3 Å². The van der Waals surface area contributed by atoms with E-state index in [1.807, 2.05) is 32.0 Å². The molecule has 4 heteroatoms. The summed E-state index contributed by atoms with van der Waals surface area (Å²) in [5.74, 6) is 1.84. The summed E-state index contributed by atoms with van der Waals surface area (Å²) in [6.07, 6.45) is 4.51. The molecule has 0 radical (unpaired) electrons. The number of hydrogen-bond acceptors (Lipinski definition) is 3. The fourth-order valence-corrected chi connectivity index (χ4v) is 2.87. The van der Waals surface area contributed by atoms with Crippen LogP contribution < -0.4 is 4.74 Å². The van der Waals surface area contributed by atoms with E-state index in [1.165, 1.54) is 18.4 Å². The Morgan fingerprint density at radius 3 is 2.86 bits per heavy atom. The number of carbonyl (C=O) groups excluding carboxylic acids is 1. The normalized spacial score (nSPS) is 14.2. The third kappa shape index (κ3) is 2.82. The zero-order valence-corrected chi connectivity index (χ0v) is 13.5. The van der Waals surface area contributed by atoms with Gasteiger partial charge in [0.1, 0.15) is 17.1 Å². The van der Waals surface area contributed by atoms with Crippen LogP contribution in [0.25, 0.3) is 11.0 Å². The van der Waals surface area contributed by atoms with E-state index in [-0.39, 0.29) is 18.6 Å². The molecule has 0 aliphatic heterocycles. The lowest BCUT2D eigenvalue weighted by atomic mass is 9.96. The molecule has 0 saturated carbocycles. The summed E-state index contributed by atoms with van der Waals surface area (Å²) in [6.45, 7) is 4.05. The van der Waals surface area contributed by atoms with Crippen molar-refractivity contribution in [3.8, 4) is 5.75 Å². The maximum atomic E-state index is 12.0. The van der Waals surface area contributed by atoms with Crippen LogP contribution in [0, 0.1) is 0 Å². The number of amides is 1. The first-order valence-electron chi connectivity index (χ1n) is 7.99. The van der Waals surface area contributed by atoms with Gasteiger partial charge in [-0.15, -0.1) is 0 Å². The van der Waals surface area contributed by atoms with Crippen LogP contribution in [0.3, 0.4) is 0 Å². The highest BCUT2D eigenvalue weighted by Gasteiger charge is 2.18. The van der Waals surface area contributed by atoms with E-state index < -0.39 is 0 Å². The molecule has 0 unspecified atom stereocenters. The Morgan fingerprint density at radius 1 is 1.32 bits per heavy atom. The molecule has 0 spiro atoms. The number of benzene rings is 1. The summed E-state index contributed by atoms with van der Waals surface area (Å²) in [6, 6.07) is 6.00. The Hall–Kier alpha value is -1.97. The minimum Gasteiger partial charge on any atom is -0.484 e. The molecule has 4 nitrogen and oxygen atoms in total. The van der Waals surface area contributed by atoms with E-state index in [4.69, 9.17) is 9.15 Å². The van der Waals surface area contributed by atoms with E-state index in [9.17, 15) is 4.79 Å². The number of ether oxygens (including phenoxy) is 1. The van der Waals surface area contributed by atoms with Gasteiger partial charge < -0.3 is 14.1 Å². The molecule has 1 amide bonds. The quantitative estimate of drug-likeness (QED) is 0.867. The van der Waals surface area contributed by atoms with Crippen LogP contribution in [0.15, 0.2) is 22.6 Å². The Bertz CT molecular complexity index is 687. The van der Waals surface area contributed by atoms with E-state index in [0.29, 0.717) is 0 Å². The van der Waals surface area contributed by atoms with Gasteiger partial charge in [0.25, 0.3) is 5.91 Å². The standard InChI is InChI=1S/C18H23NO3/c1-12(2)19(3)18(20)11-21-13-8-9-17-15(10-13)14-6-4-5-7-16(14)22-17/h8-10,12H,4-7,11H2,1-3H3. The molecule has 0 bridgehead atoms. The fraction of sp³-hybridized carbons (Fsp3) is 0.500. The van der Waals surface area contributed by atoms with Crippen molar-refractivity contribution in [2.45, 2.75) is 45.6 Å². The Morgan fingerprint density at radius 2 is 2.09 bits per heavy atom. The number of rotatable bonds is 4. The Kier molecular flexibility index (Phi) is 4.10. The number of carbonyl (C=O) groups is 1. The summed E-state index contributed by atoms with van der Waals surface area (Å²) in [5.41, 5.74) is 2.24. The van der Waals surface area contributed by atoms with Crippen LogP contribution in [-0.4, -0.2) is 30.5 Å². The van der Waals surface area contributed by atoms with Crippen LogP contribution in [0.5, 0.6) is 5.75 Å². The molecule has 2 aromatic rings. The smallest absolute Gasteiger partial charge is 0.260 e. The lowest BCUT2D eigenvalue weighted by molar-refractivity contribution is -0.133. The Balaban J connectivity index is 1.76. The lowest BCUT2D eigenvalue weighted by Gasteiger charge is -2.21. The van der Waals surface area contributed by atoms with Gasteiger partial charge in [-0.25, -0.2) is 0 Å². The second-order valence-corrected chi connectivity index (χ2v) is 6.26. The third-order valence-corrected chi connectivity index (χ3v) is 4.46. The van der Waals surface area contributed by atoms with Crippen LogP contribution in [-0.2, 0) is 17.6 Å². The zero-order valence-electron chi connectivity index (χ0n) is 13.5. The molecule has 0 atom stereocenters. The second-order valence-electron chi connectivity index (χ2n) is 6.26. The number of likely N-dealkylation sites (N-methyl/N-ethyl adjacent to an activating group) is 1. The van der Waals surface area contributed by atoms with E-state index in [1.54, 1.807) is 11.9 Å². The molecule has 0 fully saturated rings. The van der Waals surface area contributed by atoms with Crippen molar-refractivity contribution in [1.29, 1.82) is 0 Å². The van der Waals surface area contributed by atoms with Gasteiger partial charge in [-0.1, -0.05) is 0 Å². The first-order chi connectivity index (χ1) is 10.6. The molecule has 1 aromatic heterocycles. The van der Waals surface area contributed by atoms with Crippen molar-refractivity contribution in [2.24, 2.45) is 0 Å². The molecular weight excluding hydrogens is 278 g/mol. The minimum atomic E-state index is -0.00989. The average molecular weight is 301 g/mol. The van der Waals surface area contributed by atoms with Crippen LogP contribution >= 0.6 is 0 Å². The summed E-state index contributed by atoms with van der Waals surface area (Å²) < 4.78 is 11.6. The Labute approximate surface area is 131 Å². The predicted octanol–water partition coefficient (Wildman–Crippen LogP) is 3.56. The zero-order chi connectivity index (χ0) is 15.7. The van der Waals surface area contributed by atoms with E-state index >= 15 is 0 Å². The first kappa shape index (κ1) is 14.9. The number of furan rings is 1. The predicted molar refractivity (Wildman–Crippen MR) is 86.3 cm³/mol. The van der Waals surface area contributed by atoms with Crippen molar-refractivity contribution in [3.63, 3.8) is 0 Å². The molecule has 0 N–H and O–H groups in total. The number of aryl methyl sites for hydroxylation is 2. The molecule has 1 aromatic carbocycles. The van der Waals surface area contributed by atoms with E-state index in [0.717, 1.165) is 35.3 Å². The number of fused-ring (bicyclic) bond motifs is 3. The monoisotopic (exact) mass is 301 g/mol. The maximum absolute atomic E-state index is 12.0. The van der Waals surface area contributed by atoms with Crippen LogP contribution in [0.1, 0.15) is 38.0 Å². The molecule has 118 valence electrons. The van der Waals surface area contributed by atoms with Crippen molar-refractivity contribution in [2.75, 3.05) is 13.7 Å². The highest BCUT2D eigenvalue weighted by Crippen LogP contribution is 2.33. The van der Waals surface area contributed by atoms with E-state index in [2.05, 4.69) is 0 Å². The number of hydrogen-bond donors (Lipinski definition) is 0. The van der Waals surface area contributed by atoms with Crippen molar-refractivity contribution < 1.29 is 13.9 Å². The van der Waals surface area contributed by atoms with Crippen molar-refractivity contribution >= 4 is 16.9 Å². The summed E-state index contributed by atoms with van der Waals surface area (Å²) in [7, 11) is 1.80. The first-order valence-corrected chi connectivity index (χ1v) is 7.99. The second kappa shape index (κ2) is 6.03. The summed E-state index contributed by atoms with van der Waals surface area (Å²) >= 11 is 0. The molecule has 1 heterocycles. The van der Waals surface area contributed by atoms with Gasteiger partial charge in [0.2, 0.25) is 0 Å². The highest BCUT2D eigenvalue weighted by molar-refractivity contribution is 5.84. The third-order valence-electron chi connectivity index (χ3n) is 4.46. The molecule has 1 aliphatic rings. The van der Waals surface area contributed by atoms with Gasteiger partial charge in [0.15, 0.2) is 6.61 Å². The number of nitrogens with zero attached hydrogens (tertiary/aromatic N) is 1. The average Bonchev–Trinajstić information content (AvgIpc) is 2.89. The van der Waals surface area contributed by atoms with Gasteiger partial charge >= 0.3 is 0 Å². The maximum Gasteiger partial charge on any atom is 0.260 e. The van der Waals surface area contributed by atoms with Crippen molar-refractivity contribution in [3.05, 3.63) is 29.5 Å². The molecule has 0 saturated heterocycles.